The Hall–Kier alpha value is -3.02. The van der Waals surface area contributed by atoms with Crippen LogP contribution in [0.2, 0.25) is 0 Å². The number of carbonyl (C=O) groups is 1. The first kappa shape index (κ1) is 14.9. The van der Waals surface area contributed by atoms with E-state index >= 15 is 0 Å². The Kier molecular flexibility index (Phi) is 3.89. The Labute approximate surface area is 133 Å². The minimum atomic E-state index is -0.436. The van der Waals surface area contributed by atoms with Crippen LogP contribution >= 0.6 is 0 Å². The summed E-state index contributed by atoms with van der Waals surface area (Å²) >= 11 is 0. The summed E-state index contributed by atoms with van der Waals surface area (Å²) in [6, 6.07) is 15.8. The van der Waals surface area contributed by atoms with Gasteiger partial charge in [0.25, 0.3) is 5.69 Å². The Morgan fingerprint density at radius 3 is 2.39 bits per heavy atom. The number of rotatable bonds is 3. The molecule has 0 aromatic heterocycles. The van der Waals surface area contributed by atoms with Gasteiger partial charge in [0.2, 0.25) is 5.91 Å². The summed E-state index contributed by atoms with van der Waals surface area (Å²) in [6.45, 7) is 1.48. The number of amides is 1. The number of carbonyl (C=O) groups excluding carboxylic acids is 1. The van der Waals surface area contributed by atoms with Gasteiger partial charge in [-0.15, -0.1) is 0 Å². The highest BCUT2D eigenvalue weighted by Gasteiger charge is 2.31. The van der Waals surface area contributed by atoms with Gasteiger partial charge in [0.1, 0.15) is 0 Å². The molecular formula is C17H15N3O3. The molecule has 1 aliphatic rings. The van der Waals surface area contributed by atoms with Crippen molar-refractivity contribution in [2.45, 2.75) is 19.4 Å². The van der Waals surface area contributed by atoms with Crippen molar-refractivity contribution in [3.63, 3.8) is 0 Å². The van der Waals surface area contributed by atoms with E-state index in [4.69, 9.17) is 0 Å². The van der Waals surface area contributed by atoms with Crippen molar-refractivity contribution >= 4 is 17.3 Å². The Balaban J connectivity index is 1.90. The molecule has 1 heterocycles. The van der Waals surface area contributed by atoms with Crippen molar-refractivity contribution < 1.29 is 9.72 Å². The summed E-state index contributed by atoms with van der Waals surface area (Å²) in [5.74, 6) is -0.129. The SMILES string of the molecule is CC(=O)N1N=C(c2ccc([N+](=O)[O-])cc2)C[C@@H]1c1ccccc1. The normalized spacial score (nSPS) is 17.0. The molecule has 1 aliphatic heterocycles. The molecule has 23 heavy (non-hydrogen) atoms. The molecule has 0 saturated heterocycles. The molecule has 0 aliphatic carbocycles. The molecule has 0 N–H and O–H groups in total. The lowest BCUT2D eigenvalue weighted by atomic mass is 9.98. The Morgan fingerprint density at radius 1 is 1.17 bits per heavy atom. The maximum atomic E-state index is 11.9. The molecule has 116 valence electrons. The zero-order chi connectivity index (χ0) is 16.4. The zero-order valence-electron chi connectivity index (χ0n) is 12.5. The van der Waals surface area contributed by atoms with Crippen LogP contribution in [0, 0.1) is 10.1 Å². The van der Waals surface area contributed by atoms with Gasteiger partial charge in [0.05, 0.1) is 16.7 Å². The van der Waals surface area contributed by atoms with E-state index < -0.39 is 4.92 Å². The molecule has 0 fully saturated rings. The van der Waals surface area contributed by atoms with Crippen LogP contribution in [0.4, 0.5) is 5.69 Å². The molecule has 2 aromatic carbocycles. The van der Waals surface area contributed by atoms with Gasteiger partial charge < -0.3 is 0 Å². The number of benzene rings is 2. The summed E-state index contributed by atoms with van der Waals surface area (Å²) in [6.07, 6.45) is 0.585. The van der Waals surface area contributed by atoms with Gasteiger partial charge in [-0.25, -0.2) is 5.01 Å². The Morgan fingerprint density at radius 2 is 1.83 bits per heavy atom. The fourth-order valence-electron chi connectivity index (χ4n) is 2.69. The van der Waals surface area contributed by atoms with Gasteiger partial charge in [-0.05, 0) is 23.3 Å². The van der Waals surface area contributed by atoms with E-state index in [1.165, 1.54) is 24.1 Å². The Bertz CT molecular complexity index is 769. The maximum absolute atomic E-state index is 11.9. The van der Waals surface area contributed by atoms with E-state index in [-0.39, 0.29) is 17.6 Å². The largest absolute Gasteiger partial charge is 0.273 e. The van der Waals surface area contributed by atoms with Gasteiger partial charge in [0, 0.05) is 25.5 Å². The average molecular weight is 309 g/mol. The lowest BCUT2D eigenvalue weighted by molar-refractivity contribution is -0.384. The van der Waals surface area contributed by atoms with Crippen LogP contribution in [-0.4, -0.2) is 21.6 Å². The summed E-state index contributed by atoms with van der Waals surface area (Å²) in [5.41, 5.74) is 2.60. The monoisotopic (exact) mass is 309 g/mol. The number of nitrogens with zero attached hydrogens (tertiary/aromatic N) is 3. The molecule has 2 aromatic rings. The van der Waals surface area contributed by atoms with Crippen LogP contribution in [-0.2, 0) is 4.79 Å². The molecule has 0 radical (unpaired) electrons. The van der Waals surface area contributed by atoms with E-state index in [2.05, 4.69) is 5.10 Å². The smallest absolute Gasteiger partial charge is 0.269 e. The first-order chi connectivity index (χ1) is 11.1. The van der Waals surface area contributed by atoms with Crippen molar-refractivity contribution in [2.24, 2.45) is 5.10 Å². The quantitative estimate of drug-likeness (QED) is 0.645. The first-order valence-electron chi connectivity index (χ1n) is 7.23. The molecule has 6 heteroatoms. The highest BCUT2D eigenvalue weighted by molar-refractivity contribution is 6.03. The minimum Gasteiger partial charge on any atom is -0.273 e. The van der Waals surface area contributed by atoms with Crippen molar-refractivity contribution in [1.29, 1.82) is 0 Å². The lowest BCUT2D eigenvalue weighted by Crippen LogP contribution is -2.24. The first-order valence-corrected chi connectivity index (χ1v) is 7.23. The van der Waals surface area contributed by atoms with Crippen molar-refractivity contribution in [3.05, 3.63) is 75.8 Å². The van der Waals surface area contributed by atoms with Crippen molar-refractivity contribution in [2.75, 3.05) is 0 Å². The number of hydrogen-bond donors (Lipinski definition) is 0. The molecule has 1 atom stereocenters. The van der Waals surface area contributed by atoms with E-state index in [0.717, 1.165) is 16.8 Å². The van der Waals surface area contributed by atoms with Crippen LogP contribution in [0.3, 0.4) is 0 Å². The van der Waals surface area contributed by atoms with Crippen molar-refractivity contribution in [3.8, 4) is 0 Å². The van der Waals surface area contributed by atoms with Crippen LogP contribution in [0.15, 0.2) is 59.7 Å². The second-order valence-electron chi connectivity index (χ2n) is 5.34. The van der Waals surface area contributed by atoms with Gasteiger partial charge in [-0.1, -0.05) is 30.3 Å². The van der Waals surface area contributed by atoms with E-state index in [0.29, 0.717) is 6.42 Å². The lowest BCUT2D eigenvalue weighted by Gasteiger charge is -2.20. The van der Waals surface area contributed by atoms with Crippen molar-refractivity contribution in [1.82, 2.24) is 5.01 Å². The highest BCUT2D eigenvalue weighted by atomic mass is 16.6. The van der Waals surface area contributed by atoms with Crippen LogP contribution in [0.25, 0.3) is 0 Å². The number of nitro groups is 1. The fraction of sp³-hybridized carbons (Fsp3) is 0.176. The second kappa shape index (κ2) is 6.00. The third kappa shape index (κ3) is 2.96. The maximum Gasteiger partial charge on any atom is 0.269 e. The summed E-state index contributed by atoms with van der Waals surface area (Å²) in [4.78, 5) is 22.2. The van der Waals surface area contributed by atoms with Crippen LogP contribution < -0.4 is 0 Å². The predicted octanol–water partition coefficient (Wildman–Crippen LogP) is 3.29. The molecule has 6 nitrogen and oxygen atoms in total. The van der Waals surface area contributed by atoms with Gasteiger partial charge in [-0.3, -0.25) is 14.9 Å². The minimum absolute atomic E-state index is 0.0374. The number of nitro benzene ring substituents is 1. The summed E-state index contributed by atoms with van der Waals surface area (Å²) in [7, 11) is 0. The number of hydrogen-bond acceptors (Lipinski definition) is 4. The predicted molar refractivity (Wildman–Crippen MR) is 86.0 cm³/mol. The van der Waals surface area contributed by atoms with Gasteiger partial charge in [-0.2, -0.15) is 5.10 Å². The third-order valence-corrected chi connectivity index (χ3v) is 3.83. The number of hydrazone groups is 1. The molecule has 0 unspecified atom stereocenters. The topological polar surface area (TPSA) is 75.8 Å². The zero-order valence-corrected chi connectivity index (χ0v) is 12.5. The molecule has 0 spiro atoms. The van der Waals surface area contributed by atoms with Crippen LogP contribution in [0.5, 0.6) is 0 Å². The van der Waals surface area contributed by atoms with Crippen LogP contribution in [0.1, 0.15) is 30.5 Å². The molecule has 0 bridgehead atoms. The fourth-order valence-corrected chi connectivity index (χ4v) is 2.69. The summed E-state index contributed by atoms with van der Waals surface area (Å²) in [5, 5.41) is 16.6. The highest BCUT2D eigenvalue weighted by Crippen LogP contribution is 2.32. The van der Waals surface area contributed by atoms with Gasteiger partial charge in [0.15, 0.2) is 0 Å². The van der Waals surface area contributed by atoms with E-state index in [1.54, 1.807) is 12.1 Å². The third-order valence-electron chi connectivity index (χ3n) is 3.83. The standard InChI is InChI=1S/C17H15N3O3/c1-12(21)19-17(14-5-3-2-4-6-14)11-16(18-19)13-7-9-15(10-8-13)20(22)23/h2-10,17H,11H2,1H3/t17-/m1/s1. The molecule has 3 rings (SSSR count). The van der Waals surface area contributed by atoms with E-state index in [9.17, 15) is 14.9 Å². The van der Waals surface area contributed by atoms with E-state index in [1.807, 2.05) is 30.3 Å². The summed E-state index contributed by atoms with van der Waals surface area (Å²) < 4.78 is 0. The molecular weight excluding hydrogens is 294 g/mol. The molecule has 1 amide bonds. The van der Waals surface area contributed by atoms with Gasteiger partial charge >= 0.3 is 0 Å². The molecule has 0 saturated carbocycles. The average Bonchev–Trinajstić information content (AvgIpc) is 3.01. The second-order valence-corrected chi connectivity index (χ2v) is 5.34. The number of non-ortho nitro benzene ring substituents is 1.